The molecule has 7 heteroatoms. The predicted molar refractivity (Wildman–Crippen MR) is 112 cm³/mol. The number of aliphatic hydroxyl groups is 1. The van der Waals surface area contributed by atoms with E-state index < -0.39 is 6.29 Å². The van der Waals surface area contributed by atoms with E-state index in [0.29, 0.717) is 5.75 Å². The van der Waals surface area contributed by atoms with E-state index in [9.17, 15) is 5.11 Å². The summed E-state index contributed by atoms with van der Waals surface area (Å²) in [5.74, 6) is 1.54. The van der Waals surface area contributed by atoms with Crippen LogP contribution >= 0.6 is 0 Å². The summed E-state index contributed by atoms with van der Waals surface area (Å²) in [5, 5.41) is 10.3. The molecule has 4 rings (SSSR count). The minimum Gasteiger partial charge on any atom is -0.462 e. The lowest BCUT2D eigenvalue weighted by atomic mass is 10.1. The number of pyridine rings is 1. The van der Waals surface area contributed by atoms with E-state index in [0.717, 1.165) is 60.8 Å². The third-order valence-corrected chi connectivity index (χ3v) is 5.37. The van der Waals surface area contributed by atoms with Crippen molar-refractivity contribution in [3.05, 3.63) is 42.7 Å². The van der Waals surface area contributed by atoms with Gasteiger partial charge in [-0.3, -0.25) is 0 Å². The number of hydrogen-bond acceptors (Lipinski definition) is 7. The number of likely N-dealkylation sites (N-methyl/N-ethyl adjacent to an activating group) is 1. The first kappa shape index (κ1) is 19.7. The van der Waals surface area contributed by atoms with E-state index in [4.69, 9.17) is 18.9 Å². The minimum absolute atomic E-state index is 0.203. The number of piperazine rings is 1. The average Bonchev–Trinajstić information content (AvgIpc) is 3.26. The summed E-state index contributed by atoms with van der Waals surface area (Å²) >= 11 is 0. The summed E-state index contributed by atoms with van der Waals surface area (Å²) < 4.78 is 16.4. The van der Waals surface area contributed by atoms with Gasteiger partial charge in [0.2, 0.25) is 6.29 Å². The normalized spacial score (nSPS) is 16.3. The van der Waals surface area contributed by atoms with Crippen LogP contribution in [0.15, 0.2) is 47.1 Å². The zero-order valence-electron chi connectivity index (χ0n) is 16.9. The number of aromatic nitrogens is 1. The molecule has 0 aliphatic carbocycles. The summed E-state index contributed by atoms with van der Waals surface area (Å²) in [5.41, 5.74) is 2.72. The van der Waals surface area contributed by atoms with Crippen molar-refractivity contribution in [1.29, 1.82) is 0 Å². The molecule has 0 amide bonds. The average molecular weight is 397 g/mol. The Balaban J connectivity index is 1.61. The molecule has 0 unspecified atom stereocenters. The highest BCUT2D eigenvalue weighted by Crippen LogP contribution is 2.32. The molecule has 7 nitrogen and oxygen atoms in total. The molecule has 0 bridgehead atoms. The van der Waals surface area contributed by atoms with Crippen molar-refractivity contribution in [2.75, 3.05) is 51.3 Å². The van der Waals surface area contributed by atoms with Crippen molar-refractivity contribution >= 4 is 16.8 Å². The van der Waals surface area contributed by atoms with E-state index in [-0.39, 0.29) is 6.61 Å². The van der Waals surface area contributed by atoms with Gasteiger partial charge in [0.25, 0.3) is 0 Å². The van der Waals surface area contributed by atoms with Gasteiger partial charge >= 0.3 is 0 Å². The molecule has 29 heavy (non-hydrogen) atoms. The number of benzene rings is 1. The Hall–Kier alpha value is -2.61. The molecule has 3 aromatic rings. The van der Waals surface area contributed by atoms with Crippen molar-refractivity contribution < 1.29 is 19.0 Å². The predicted octanol–water partition coefficient (Wildman–Crippen LogP) is 2.98. The Morgan fingerprint density at radius 2 is 1.90 bits per heavy atom. The molecular weight excluding hydrogens is 370 g/mol. The molecule has 3 heterocycles. The summed E-state index contributed by atoms with van der Waals surface area (Å²) in [6, 6.07) is 11.7. The van der Waals surface area contributed by atoms with Gasteiger partial charge in [-0.15, -0.1) is 0 Å². The summed E-state index contributed by atoms with van der Waals surface area (Å²) in [7, 11) is 1.50. The maximum absolute atomic E-state index is 9.21. The molecule has 1 aliphatic heterocycles. The Bertz CT molecular complexity index is 929. The lowest BCUT2D eigenvalue weighted by Gasteiger charge is -2.34. The fourth-order valence-corrected chi connectivity index (χ4v) is 3.61. The van der Waals surface area contributed by atoms with Crippen LogP contribution in [0.1, 0.15) is 6.92 Å². The van der Waals surface area contributed by atoms with E-state index in [1.165, 1.54) is 7.11 Å². The molecule has 1 saturated heterocycles. The highest BCUT2D eigenvalue weighted by atomic mass is 16.7. The molecule has 1 fully saturated rings. The Labute approximate surface area is 170 Å². The monoisotopic (exact) mass is 397 g/mol. The van der Waals surface area contributed by atoms with Gasteiger partial charge in [0, 0.05) is 44.2 Å². The molecule has 1 N–H and O–H groups in total. The molecule has 1 atom stereocenters. The first-order valence-electron chi connectivity index (χ1n) is 9.98. The lowest BCUT2D eigenvalue weighted by Crippen LogP contribution is -2.46. The second kappa shape index (κ2) is 8.82. The largest absolute Gasteiger partial charge is 0.462 e. The second-order valence-electron chi connectivity index (χ2n) is 7.08. The number of ether oxygens (including phenoxy) is 2. The lowest BCUT2D eigenvalue weighted by molar-refractivity contribution is -0.0841. The SMILES string of the molecule is CCN1CCN(c2nc(-c3ccc(O[C@H](CO)OC)cc3)cc3ccoc23)CC1. The standard InChI is InChI=1S/C22H27N3O4/c1-3-24-9-11-25(12-10-24)22-21-17(8-13-28-21)14-19(23-22)16-4-6-18(7-5-16)29-20(15-26)27-2/h4-8,13-14,20,26H,3,9-12,15H2,1-2H3/t20-/m1/s1. The zero-order chi connectivity index (χ0) is 20.2. The van der Waals surface area contributed by atoms with Crippen LogP contribution in [0.4, 0.5) is 5.82 Å². The van der Waals surface area contributed by atoms with Gasteiger partial charge in [-0.25, -0.2) is 4.98 Å². The highest BCUT2D eigenvalue weighted by molar-refractivity contribution is 5.90. The second-order valence-corrected chi connectivity index (χ2v) is 7.08. The maximum atomic E-state index is 9.21. The van der Waals surface area contributed by atoms with Crippen LogP contribution in [-0.4, -0.2) is 67.7 Å². The topological polar surface area (TPSA) is 71.2 Å². The van der Waals surface area contributed by atoms with E-state index >= 15 is 0 Å². The summed E-state index contributed by atoms with van der Waals surface area (Å²) in [6.07, 6.45) is 1.05. The molecule has 0 radical (unpaired) electrons. The fourth-order valence-electron chi connectivity index (χ4n) is 3.61. The smallest absolute Gasteiger partial charge is 0.222 e. The van der Waals surface area contributed by atoms with Crippen LogP contribution < -0.4 is 9.64 Å². The molecular formula is C22H27N3O4. The summed E-state index contributed by atoms with van der Waals surface area (Å²) in [4.78, 5) is 9.70. The van der Waals surface area contributed by atoms with Gasteiger partial charge in [-0.2, -0.15) is 0 Å². The number of hydrogen-bond donors (Lipinski definition) is 1. The number of fused-ring (bicyclic) bond motifs is 1. The Kier molecular flexibility index (Phi) is 5.99. The summed E-state index contributed by atoms with van der Waals surface area (Å²) in [6.45, 7) is 7.00. The van der Waals surface area contributed by atoms with Crippen LogP contribution in [0.3, 0.4) is 0 Å². The van der Waals surface area contributed by atoms with Gasteiger partial charge < -0.3 is 28.8 Å². The van der Waals surface area contributed by atoms with Crippen molar-refractivity contribution in [1.82, 2.24) is 9.88 Å². The van der Waals surface area contributed by atoms with Crippen LogP contribution in [0.5, 0.6) is 5.75 Å². The van der Waals surface area contributed by atoms with Crippen LogP contribution in [0, 0.1) is 0 Å². The molecule has 0 saturated carbocycles. The van der Waals surface area contributed by atoms with Gasteiger partial charge in [-0.1, -0.05) is 6.92 Å². The molecule has 1 aliphatic rings. The van der Waals surface area contributed by atoms with Crippen molar-refractivity contribution in [3.8, 4) is 17.0 Å². The van der Waals surface area contributed by atoms with Gasteiger partial charge in [0.15, 0.2) is 11.4 Å². The van der Waals surface area contributed by atoms with Gasteiger partial charge in [-0.05, 0) is 42.9 Å². The van der Waals surface area contributed by atoms with Gasteiger partial charge in [0.1, 0.15) is 12.4 Å². The molecule has 1 aromatic carbocycles. The number of anilines is 1. The number of rotatable bonds is 7. The number of aliphatic hydroxyl groups excluding tert-OH is 1. The van der Waals surface area contributed by atoms with Crippen LogP contribution in [0.2, 0.25) is 0 Å². The first-order chi connectivity index (χ1) is 14.2. The third kappa shape index (κ3) is 4.22. The number of nitrogens with zero attached hydrogens (tertiary/aromatic N) is 3. The molecule has 0 spiro atoms. The van der Waals surface area contributed by atoms with Gasteiger partial charge in [0.05, 0.1) is 12.0 Å². The van der Waals surface area contributed by atoms with E-state index in [1.807, 2.05) is 36.4 Å². The Morgan fingerprint density at radius 3 is 2.55 bits per heavy atom. The quantitative estimate of drug-likeness (QED) is 0.615. The van der Waals surface area contributed by atoms with Crippen LogP contribution in [-0.2, 0) is 4.74 Å². The fraction of sp³-hybridized carbons (Fsp3) is 0.409. The van der Waals surface area contributed by atoms with Crippen molar-refractivity contribution in [2.45, 2.75) is 13.2 Å². The molecule has 154 valence electrons. The maximum Gasteiger partial charge on any atom is 0.222 e. The van der Waals surface area contributed by atoms with Crippen LogP contribution in [0.25, 0.3) is 22.2 Å². The van der Waals surface area contributed by atoms with Crippen molar-refractivity contribution in [2.24, 2.45) is 0 Å². The first-order valence-corrected chi connectivity index (χ1v) is 9.98. The third-order valence-electron chi connectivity index (χ3n) is 5.37. The van der Waals surface area contributed by atoms with Crippen molar-refractivity contribution in [3.63, 3.8) is 0 Å². The minimum atomic E-state index is -0.672. The van der Waals surface area contributed by atoms with E-state index in [2.05, 4.69) is 16.7 Å². The number of furan rings is 1. The Morgan fingerprint density at radius 1 is 1.14 bits per heavy atom. The van der Waals surface area contributed by atoms with E-state index in [1.54, 1.807) is 6.26 Å². The highest BCUT2D eigenvalue weighted by Gasteiger charge is 2.21. The molecule has 2 aromatic heterocycles. The zero-order valence-corrected chi connectivity index (χ0v) is 16.9. The number of methoxy groups -OCH3 is 1.